The Balaban J connectivity index is 1.47. The predicted octanol–water partition coefficient (Wildman–Crippen LogP) is 6.33. The number of rotatable bonds is 8. The van der Waals surface area contributed by atoms with Gasteiger partial charge in [0.1, 0.15) is 11.1 Å². The molecule has 1 aliphatic rings. The van der Waals surface area contributed by atoms with Crippen LogP contribution in [0.3, 0.4) is 0 Å². The lowest BCUT2D eigenvalue weighted by Gasteiger charge is -2.35. The molecule has 0 radical (unpaired) electrons. The van der Waals surface area contributed by atoms with Crippen molar-refractivity contribution in [2.24, 2.45) is 5.92 Å². The Kier molecular flexibility index (Phi) is 8.88. The molecular weight excluding hydrogens is 552 g/mol. The van der Waals surface area contributed by atoms with Gasteiger partial charge >= 0.3 is 11.9 Å². The Morgan fingerprint density at radius 1 is 0.818 bits per heavy atom. The zero-order chi connectivity index (χ0) is 31.5. The molecule has 1 saturated heterocycles. The van der Waals surface area contributed by atoms with E-state index in [1.165, 1.54) is 7.11 Å². The average Bonchev–Trinajstić information content (AvgIpc) is 3.46. The number of esters is 2. The number of methoxy groups -OCH3 is 1. The highest BCUT2D eigenvalue weighted by Crippen LogP contribution is 2.36. The fourth-order valence-corrected chi connectivity index (χ4v) is 6.06. The number of hydrogen-bond donors (Lipinski definition) is 1. The third kappa shape index (κ3) is 6.53. The number of nitrogens with one attached hydrogen (secondary N) is 1. The van der Waals surface area contributed by atoms with Crippen LogP contribution >= 0.6 is 0 Å². The summed E-state index contributed by atoms with van der Waals surface area (Å²) in [4.78, 5) is 41.7. The van der Waals surface area contributed by atoms with Crippen LogP contribution in [0.2, 0.25) is 0 Å². The molecule has 7 heteroatoms. The van der Waals surface area contributed by atoms with Gasteiger partial charge in [-0.05, 0) is 73.7 Å². The first kappa shape index (κ1) is 31.0. The van der Waals surface area contributed by atoms with E-state index in [0.29, 0.717) is 30.8 Å². The third-order valence-electron chi connectivity index (χ3n) is 8.34. The molecule has 0 saturated carbocycles. The van der Waals surface area contributed by atoms with Gasteiger partial charge in [0.25, 0.3) is 5.91 Å². The standard InChI is InChI=1S/C37H40N2O5/c1-36(2,3)44-35(42)37(4,32-20-12-16-25-15-9-10-19-30(25)32)38-22-29-23-39(24-31(29)26-13-7-6-8-14-26)33(40)27-17-11-18-28(21-27)34(41)43-5/h6-21,29,31,38H,22-24H2,1-5H3/t29?,31?,37-/m1/s1. The van der Waals surface area contributed by atoms with E-state index < -0.39 is 17.1 Å². The van der Waals surface area contributed by atoms with Crippen molar-refractivity contribution in [1.29, 1.82) is 0 Å². The van der Waals surface area contributed by atoms with Crippen molar-refractivity contribution < 1.29 is 23.9 Å². The maximum absolute atomic E-state index is 14.0. The maximum Gasteiger partial charge on any atom is 0.337 e. The summed E-state index contributed by atoms with van der Waals surface area (Å²) in [6.07, 6.45) is 0. The number of nitrogens with zero attached hydrogens (tertiary/aromatic N) is 1. The van der Waals surface area contributed by atoms with Crippen LogP contribution in [0.1, 0.15) is 65.5 Å². The van der Waals surface area contributed by atoms with Gasteiger partial charge in [0.05, 0.1) is 12.7 Å². The highest BCUT2D eigenvalue weighted by Gasteiger charge is 2.43. The van der Waals surface area contributed by atoms with E-state index in [9.17, 15) is 14.4 Å². The number of amides is 1. The fraction of sp³-hybridized carbons (Fsp3) is 0.324. The summed E-state index contributed by atoms with van der Waals surface area (Å²) in [5.41, 5.74) is 0.906. The third-order valence-corrected chi connectivity index (χ3v) is 8.34. The average molecular weight is 593 g/mol. The van der Waals surface area contributed by atoms with Crippen LogP contribution in [0.5, 0.6) is 0 Å². The van der Waals surface area contributed by atoms with Crippen LogP contribution in [0.25, 0.3) is 10.8 Å². The van der Waals surface area contributed by atoms with Crippen LogP contribution in [0.4, 0.5) is 0 Å². The van der Waals surface area contributed by atoms with E-state index >= 15 is 0 Å². The monoisotopic (exact) mass is 592 g/mol. The molecule has 5 rings (SSSR count). The van der Waals surface area contributed by atoms with Gasteiger partial charge in [-0.1, -0.05) is 78.9 Å². The quantitative estimate of drug-likeness (QED) is 0.241. The molecule has 44 heavy (non-hydrogen) atoms. The molecule has 0 aliphatic carbocycles. The highest BCUT2D eigenvalue weighted by atomic mass is 16.6. The zero-order valence-electron chi connectivity index (χ0n) is 26.0. The summed E-state index contributed by atoms with van der Waals surface area (Å²) in [5.74, 6) is -0.958. The van der Waals surface area contributed by atoms with Crippen molar-refractivity contribution in [2.45, 2.75) is 44.8 Å². The summed E-state index contributed by atoms with van der Waals surface area (Å²) >= 11 is 0. The smallest absolute Gasteiger partial charge is 0.337 e. The lowest BCUT2D eigenvalue weighted by molar-refractivity contribution is -0.163. The van der Waals surface area contributed by atoms with E-state index in [1.807, 2.05) is 93.3 Å². The van der Waals surface area contributed by atoms with Crippen molar-refractivity contribution >= 4 is 28.6 Å². The van der Waals surface area contributed by atoms with E-state index in [-0.39, 0.29) is 23.7 Å². The lowest BCUT2D eigenvalue weighted by atomic mass is 9.85. The molecular formula is C37H40N2O5. The highest BCUT2D eigenvalue weighted by molar-refractivity contribution is 5.98. The molecule has 4 aromatic carbocycles. The van der Waals surface area contributed by atoms with Gasteiger partial charge in [-0.25, -0.2) is 9.59 Å². The van der Waals surface area contributed by atoms with Crippen molar-refractivity contribution in [3.8, 4) is 0 Å². The number of fused-ring (bicyclic) bond motifs is 1. The summed E-state index contributed by atoms with van der Waals surface area (Å²) in [6.45, 7) is 8.95. The van der Waals surface area contributed by atoms with Crippen molar-refractivity contribution in [3.05, 3.63) is 119 Å². The number of ether oxygens (including phenoxy) is 2. The molecule has 4 aromatic rings. The van der Waals surface area contributed by atoms with E-state index in [2.05, 4.69) is 17.4 Å². The summed E-state index contributed by atoms with van der Waals surface area (Å²) in [5, 5.41) is 5.64. The van der Waals surface area contributed by atoms with Gasteiger partial charge < -0.3 is 14.4 Å². The molecule has 228 valence electrons. The largest absolute Gasteiger partial charge is 0.465 e. The van der Waals surface area contributed by atoms with Crippen molar-refractivity contribution in [2.75, 3.05) is 26.7 Å². The molecule has 1 amide bonds. The number of likely N-dealkylation sites (tertiary alicyclic amines) is 1. The van der Waals surface area contributed by atoms with Gasteiger partial charge in [-0.15, -0.1) is 0 Å². The zero-order valence-corrected chi connectivity index (χ0v) is 26.0. The first-order chi connectivity index (χ1) is 21.0. The number of benzene rings is 4. The Bertz CT molecular complexity index is 1660. The van der Waals surface area contributed by atoms with Gasteiger partial charge in [-0.2, -0.15) is 0 Å². The Morgan fingerprint density at radius 2 is 1.48 bits per heavy atom. The molecule has 1 aliphatic heterocycles. The van der Waals surface area contributed by atoms with Crippen molar-refractivity contribution in [1.82, 2.24) is 10.2 Å². The van der Waals surface area contributed by atoms with Crippen molar-refractivity contribution in [3.63, 3.8) is 0 Å². The molecule has 7 nitrogen and oxygen atoms in total. The minimum atomic E-state index is -1.15. The van der Waals surface area contributed by atoms with E-state index in [0.717, 1.165) is 21.9 Å². The number of carbonyl (C=O) groups is 3. The van der Waals surface area contributed by atoms with Gasteiger partial charge in [-0.3, -0.25) is 10.1 Å². The molecule has 2 unspecified atom stereocenters. The summed E-state index contributed by atoms with van der Waals surface area (Å²) in [7, 11) is 1.32. The Morgan fingerprint density at radius 3 is 2.20 bits per heavy atom. The minimum Gasteiger partial charge on any atom is -0.465 e. The second-order valence-corrected chi connectivity index (χ2v) is 12.6. The van der Waals surface area contributed by atoms with Crippen LogP contribution in [-0.4, -0.2) is 55.1 Å². The molecule has 3 atom stereocenters. The molecule has 0 spiro atoms. The topological polar surface area (TPSA) is 84.9 Å². The normalized spacial score (nSPS) is 18.1. The summed E-state index contributed by atoms with van der Waals surface area (Å²) < 4.78 is 10.8. The van der Waals surface area contributed by atoms with Crippen LogP contribution in [0, 0.1) is 5.92 Å². The van der Waals surface area contributed by atoms with Crippen LogP contribution in [0.15, 0.2) is 97.1 Å². The molecule has 1 N–H and O–H groups in total. The van der Waals surface area contributed by atoms with Gasteiger partial charge in [0.2, 0.25) is 0 Å². The van der Waals surface area contributed by atoms with Crippen LogP contribution < -0.4 is 5.32 Å². The van der Waals surface area contributed by atoms with E-state index in [4.69, 9.17) is 9.47 Å². The molecule has 1 fully saturated rings. The number of carbonyl (C=O) groups excluding carboxylic acids is 3. The van der Waals surface area contributed by atoms with Crippen LogP contribution in [-0.2, 0) is 19.8 Å². The first-order valence-corrected chi connectivity index (χ1v) is 15.0. The van der Waals surface area contributed by atoms with E-state index in [1.54, 1.807) is 24.3 Å². The minimum absolute atomic E-state index is 0.00174. The van der Waals surface area contributed by atoms with Gasteiger partial charge in [0, 0.05) is 31.1 Å². The predicted molar refractivity (Wildman–Crippen MR) is 172 cm³/mol. The number of hydrogen-bond acceptors (Lipinski definition) is 6. The van der Waals surface area contributed by atoms with Gasteiger partial charge in [0.15, 0.2) is 0 Å². The molecule has 0 bridgehead atoms. The summed E-state index contributed by atoms with van der Waals surface area (Å²) in [6, 6.07) is 30.8. The molecule has 1 heterocycles. The maximum atomic E-state index is 14.0. The fourth-order valence-electron chi connectivity index (χ4n) is 6.06. The first-order valence-electron chi connectivity index (χ1n) is 15.0. The Labute approximate surface area is 259 Å². The Hall–Kier alpha value is -4.49. The lowest BCUT2D eigenvalue weighted by Crippen LogP contribution is -2.51. The molecule has 0 aromatic heterocycles. The second kappa shape index (κ2) is 12.6. The second-order valence-electron chi connectivity index (χ2n) is 12.6. The SMILES string of the molecule is COC(=O)c1cccc(C(=O)N2CC(CN[C@@](C)(C(=O)OC(C)(C)C)c3cccc4ccccc34)C(c3ccccc3)C2)c1.